The summed E-state index contributed by atoms with van der Waals surface area (Å²) >= 11 is 4.79. The number of rotatable bonds is 3. The van der Waals surface area contributed by atoms with Gasteiger partial charge in [0, 0.05) is 12.2 Å². The maximum absolute atomic E-state index is 12.2. The van der Waals surface area contributed by atoms with E-state index in [0.29, 0.717) is 12.1 Å². The van der Waals surface area contributed by atoms with Crippen molar-refractivity contribution in [2.75, 3.05) is 0 Å². The molecule has 17 heavy (non-hydrogen) atoms. The van der Waals surface area contributed by atoms with Crippen LogP contribution in [-0.2, 0) is 6.54 Å². The second-order valence-electron chi connectivity index (χ2n) is 3.76. The normalized spacial score (nSPS) is 10.7. The van der Waals surface area contributed by atoms with Crippen LogP contribution in [0.5, 0.6) is 0 Å². The Kier molecular flexibility index (Phi) is 3.23. The lowest BCUT2D eigenvalue weighted by atomic mass is 10.2. The largest absolute Gasteiger partial charge is 0.409 e. The molecule has 0 unspecified atom stereocenters. The highest BCUT2D eigenvalue weighted by Crippen LogP contribution is 2.12. The SMILES string of the molecule is CCCn1c(C)ccc(-c2n[nH]c(=S)o2)c1=O. The first-order valence-corrected chi connectivity index (χ1v) is 5.80. The molecule has 0 bridgehead atoms. The van der Waals surface area contributed by atoms with Gasteiger partial charge >= 0.3 is 0 Å². The zero-order valence-electron chi connectivity index (χ0n) is 9.69. The van der Waals surface area contributed by atoms with Crippen molar-refractivity contribution >= 4 is 12.2 Å². The van der Waals surface area contributed by atoms with Crippen LogP contribution in [0.1, 0.15) is 19.0 Å². The highest BCUT2D eigenvalue weighted by atomic mass is 32.1. The zero-order chi connectivity index (χ0) is 12.4. The molecule has 0 aliphatic rings. The summed E-state index contributed by atoms with van der Waals surface area (Å²) in [7, 11) is 0. The molecule has 0 aromatic carbocycles. The van der Waals surface area contributed by atoms with Gasteiger partial charge in [0.1, 0.15) is 5.56 Å². The van der Waals surface area contributed by atoms with E-state index in [2.05, 4.69) is 10.2 Å². The molecule has 0 radical (unpaired) electrons. The van der Waals surface area contributed by atoms with Crippen molar-refractivity contribution < 1.29 is 4.42 Å². The first kappa shape index (κ1) is 11.8. The molecule has 0 atom stereocenters. The number of aromatic nitrogens is 3. The minimum absolute atomic E-state index is 0.0999. The van der Waals surface area contributed by atoms with Gasteiger partial charge in [-0.05, 0) is 37.7 Å². The molecular weight excluding hydrogens is 238 g/mol. The molecular formula is C11H13N3O2S. The minimum atomic E-state index is -0.0999. The van der Waals surface area contributed by atoms with Gasteiger partial charge in [-0.2, -0.15) is 0 Å². The van der Waals surface area contributed by atoms with E-state index in [1.165, 1.54) is 0 Å². The molecule has 0 saturated heterocycles. The monoisotopic (exact) mass is 251 g/mol. The van der Waals surface area contributed by atoms with Crippen LogP contribution < -0.4 is 5.56 Å². The molecule has 90 valence electrons. The third kappa shape index (κ3) is 2.21. The molecule has 2 heterocycles. The Morgan fingerprint density at radius 1 is 1.53 bits per heavy atom. The molecule has 0 amide bonds. The lowest BCUT2D eigenvalue weighted by Gasteiger charge is -2.08. The van der Waals surface area contributed by atoms with Crippen molar-refractivity contribution in [2.24, 2.45) is 0 Å². The number of pyridine rings is 1. The molecule has 2 rings (SSSR count). The van der Waals surface area contributed by atoms with Crippen LogP contribution >= 0.6 is 12.2 Å². The Hall–Kier alpha value is -1.69. The van der Waals surface area contributed by atoms with E-state index in [9.17, 15) is 4.79 Å². The fourth-order valence-electron chi connectivity index (χ4n) is 1.68. The van der Waals surface area contributed by atoms with E-state index in [1.54, 1.807) is 10.6 Å². The first-order valence-electron chi connectivity index (χ1n) is 5.39. The molecule has 2 aromatic heterocycles. The molecule has 0 aliphatic carbocycles. The molecule has 0 aliphatic heterocycles. The van der Waals surface area contributed by atoms with Gasteiger partial charge in [-0.15, -0.1) is 5.10 Å². The van der Waals surface area contributed by atoms with E-state index >= 15 is 0 Å². The van der Waals surface area contributed by atoms with Crippen LogP contribution in [0.25, 0.3) is 11.5 Å². The van der Waals surface area contributed by atoms with Crippen molar-refractivity contribution in [3.8, 4) is 11.5 Å². The van der Waals surface area contributed by atoms with Crippen molar-refractivity contribution in [2.45, 2.75) is 26.8 Å². The van der Waals surface area contributed by atoms with Gasteiger partial charge in [-0.1, -0.05) is 6.92 Å². The summed E-state index contributed by atoms with van der Waals surface area (Å²) in [4.78, 5) is 12.4. The molecule has 2 aromatic rings. The van der Waals surface area contributed by atoms with Crippen molar-refractivity contribution in [1.82, 2.24) is 14.8 Å². The smallest absolute Gasteiger partial charge is 0.284 e. The lowest BCUT2D eigenvalue weighted by Crippen LogP contribution is -2.23. The van der Waals surface area contributed by atoms with Crippen LogP contribution in [0.4, 0.5) is 0 Å². The highest BCUT2D eigenvalue weighted by molar-refractivity contribution is 7.71. The van der Waals surface area contributed by atoms with E-state index < -0.39 is 0 Å². The van der Waals surface area contributed by atoms with Crippen molar-refractivity contribution in [3.05, 3.63) is 33.0 Å². The van der Waals surface area contributed by atoms with Crippen molar-refractivity contribution in [3.63, 3.8) is 0 Å². The molecule has 0 fully saturated rings. The highest BCUT2D eigenvalue weighted by Gasteiger charge is 2.12. The van der Waals surface area contributed by atoms with Gasteiger partial charge < -0.3 is 8.98 Å². The molecule has 0 saturated carbocycles. The molecule has 1 N–H and O–H groups in total. The maximum atomic E-state index is 12.2. The summed E-state index contributed by atoms with van der Waals surface area (Å²) < 4.78 is 6.87. The quantitative estimate of drug-likeness (QED) is 0.850. The van der Waals surface area contributed by atoms with Crippen molar-refractivity contribution in [1.29, 1.82) is 0 Å². The predicted molar refractivity (Wildman–Crippen MR) is 66.4 cm³/mol. The predicted octanol–water partition coefficient (Wildman–Crippen LogP) is 2.28. The number of aryl methyl sites for hydroxylation is 1. The number of hydrogen-bond donors (Lipinski definition) is 1. The van der Waals surface area contributed by atoms with Gasteiger partial charge in [0.15, 0.2) is 0 Å². The average Bonchev–Trinajstić information content (AvgIpc) is 2.71. The Labute approximate surface area is 103 Å². The van der Waals surface area contributed by atoms with E-state index in [-0.39, 0.29) is 16.3 Å². The Balaban J connectivity index is 2.60. The summed E-state index contributed by atoms with van der Waals surface area (Å²) in [6.45, 7) is 4.61. The van der Waals surface area contributed by atoms with Gasteiger partial charge in [0.2, 0.25) is 0 Å². The van der Waals surface area contributed by atoms with Crippen LogP contribution in [0.2, 0.25) is 0 Å². The number of aromatic amines is 1. The fourth-order valence-corrected chi connectivity index (χ4v) is 1.80. The lowest BCUT2D eigenvalue weighted by molar-refractivity contribution is 0.548. The Morgan fingerprint density at radius 2 is 2.29 bits per heavy atom. The number of H-pyrrole nitrogens is 1. The molecule has 5 nitrogen and oxygen atoms in total. The fraction of sp³-hybridized carbons (Fsp3) is 0.364. The van der Waals surface area contributed by atoms with Crippen LogP contribution in [0.3, 0.4) is 0 Å². The first-order chi connectivity index (χ1) is 8.13. The van der Waals surface area contributed by atoms with Crippen LogP contribution in [-0.4, -0.2) is 14.8 Å². The number of nitrogens with one attached hydrogen (secondary N) is 1. The minimum Gasteiger partial charge on any atom is -0.409 e. The second-order valence-corrected chi connectivity index (χ2v) is 4.13. The zero-order valence-corrected chi connectivity index (χ0v) is 10.5. The van der Waals surface area contributed by atoms with E-state index in [4.69, 9.17) is 16.6 Å². The Bertz CT molecular complexity index is 639. The summed E-state index contributed by atoms with van der Waals surface area (Å²) in [6.07, 6.45) is 0.897. The topological polar surface area (TPSA) is 63.8 Å². The summed E-state index contributed by atoms with van der Waals surface area (Å²) in [5.74, 6) is 0.241. The Morgan fingerprint density at radius 3 is 2.88 bits per heavy atom. The van der Waals surface area contributed by atoms with E-state index in [0.717, 1.165) is 12.1 Å². The standard InChI is InChI=1S/C11H13N3O2S/c1-3-6-14-7(2)4-5-8(10(14)15)9-12-13-11(17)16-9/h4-5H,3,6H2,1-2H3,(H,13,17). The summed E-state index contributed by atoms with van der Waals surface area (Å²) in [5, 5.41) is 6.38. The third-order valence-corrected chi connectivity index (χ3v) is 2.68. The third-order valence-electron chi connectivity index (χ3n) is 2.51. The summed E-state index contributed by atoms with van der Waals surface area (Å²) in [5.41, 5.74) is 1.25. The molecule has 0 spiro atoms. The summed E-state index contributed by atoms with van der Waals surface area (Å²) in [6, 6.07) is 3.58. The number of nitrogens with zero attached hydrogens (tertiary/aromatic N) is 2. The van der Waals surface area contributed by atoms with E-state index in [1.807, 2.05) is 19.9 Å². The number of hydrogen-bond acceptors (Lipinski definition) is 4. The second kappa shape index (κ2) is 4.67. The molecule has 6 heteroatoms. The van der Waals surface area contributed by atoms with Gasteiger partial charge in [-0.3, -0.25) is 4.79 Å². The van der Waals surface area contributed by atoms with Gasteiger partial charge in [0.25, 0.3) is 16.3 Å². The van der Waals surface area contributed by atoms with Crippen LogP contribution in [0.15, 0.2) is 21.3 Å². The maximum Gasteiger partial charge on any atom is 0.284 e. The average molecular weight is 251 g/mol. The van der Waals surface area contributed by atoms with Gasteiger partial charge in [-0.25, -0.2) is 5.10 Å². The van der Waals surface area contributed by atoms with Crippen LogP contribution in [0, 0.1) is 11.8 Å². The van der Waals surface area contributed by atoms with Gasteiger partial charge in [0.05, 0.1) is 0 Å².